The largest absolute Gasteiger partial charge is 0.481 e. The number of benzene rings is 1. The van der Waals surface area contributed by atoms with E-state index in [0.717, 1.165) is 8.95 Å². The van der Waals surface area contributed by atoms with Crippen molar-refractivity contribution in [3.63, 3.8) is 0 Å². The Morgan fingerprint density at radius 2 is 1.94 bits per heavy atom. The highest BCUT2D eigenvalue weighted by molar-refractivity contribution is 9.11. The number of carbonyl (C=O) groups is 2. The van der Waals surface area contributed by atoms with E-state index in [1.54, 1.807) is 6.07 Å². The third kappa shape index (κ3) is 5.32. The molecule has 1 aromatic carbocycles. The molecule has 1 aromatic rings. The molecule has 1 amide bonds. The minimum atomic E-state index is -0.888. The van der Waals surface area contributed by atoms with Crippen molar-refractivity contribution in [1.29, 1.82) is 0 Å². The molecule has 0 spiro atoms. The van der Waals surface area contributed by atoms with Crippen molar-refractivity contribution in [3.05, 3.63) is 27.1 Å². The van der Waals surface area contributed by atoms with E-state index < -0.39 is 5.97 Å². The lowest BCUT2D eigenvalue weighted by Gasteiger charge is -2.07. The fourth-order valence-corrected chi connectivity index (χ4v) is 1.91. The second-order valence-corrected chi connectivity index (χ2v) is 5.19. The Morgan fingerprint density at radius 1 is 1.24 bits per heavy atom. The maximum atomic E-state index is 11.5. The molecule has 1 rings (SSSR count). The number of rotatable bonds is 5. The van der Waals surface area contributed by atoms with E-state index >= 15 is 0 Å². The second kappa shape index (κ2) is 6.76. The maximum absolute atomic E-state index is 11.5. The molecule has 17 heavy (non-hydrogen) atoms. The zero-order chi connectivity index (χ0) is 12.8. The van der Waals surface area contributed by atoms with Crippen LogP contribution in [-0.4, -0.2) is 17.0 Å². The van der Waals surface area contributed by atoms with Gasteiger partial charge in [-0.2, -0.15) is 0 Å². The molecular formula is C11H11Br2NO3. The summed E-state index contributed by atoms with van der Waals surface area (Å²) in [5.41, 5.74) is 0.666. The summed E-state index contributed by atoms with van der Waals surface area (Å²) in [6, 6.07) is 5.44. The van der Waals surface area contributed by atoms with Gasteiger partial charge in [-0.15, -0.1) is 0 Å². The molecule has 0 aliphatic heterocycles. The lowest BCUT2D eigenvalue weighted by atomic mass is 10.2. The van der Waals surface area contributed by atoms with Crippen LogP contribution in [0.3, 0.4) is 0 Å². The molecule has 0 aromatic heterocycles. The third-order valence-electron chi connectivity index (χ3n) is 2.00. The van der Waals surface area contributed by atoms with E-state index in [0.29, 0.717) is 12.1 Å². The average Bonchev–Trinajstić information content (AvgIpc) is 2.23. The first-order chi connectivity index (χ1) is 7.99. The summed E-state index contributed by atoms with van der Waals surface area (Å²) in [6.45, 7) is 0. The van der Waals surface area contributed by atoms with Crippen molar-refractivity contribution in [2.24, 2.45) is 0 Å². The SMILES string of the molecule is O=C(O)CCCC(=O)Nc1cc(Br)ccc1Br. The molecule has 0 bridgehead atoms. The summed E-state index contributed by atoms with van der Waals surface area (Å²) >= 11 is 6.63. The normalized spacial score (nSPS) is 10.0. The molecule has 0 saturated carbocycles. The number of anilines is 1. The van der Waals surface area contributed by atoms with Gasteiger partial charge in [0.25, 0.3) is 0 Å². The van der Waals surface area contributed by atoms with E-state index in [9.17, 15) is 9.59 Å². The van der Waals surface area contributed by atoms with Crippen LogP contribution in [0, 0.1) is 0 Å². The maximum Gasteiger partial charge on any atom is 0.303 e. The molecule has 0 aliphatic rings. The predicted molar refractivity (Wildman–Crippen MR) is 72.0 cm³/mol. The number of carboxylic acids is 1. The Labute approximate surface area is 116 Å². The number of carbonyl (C=O) groups excluding carboxylic acids is 1. The monoisotopic (exact) mass is 363 g/mol. The van der Waals surface area contributed by atoms with Crippen molar-refractivity contribution in [1.82, 2.24) is 0 Å². The van der Waals surface area contributed by atoms with Crippen LogP contribution in [-0.2, 0) is 9.59 Å². The topological polar surface area (TPSA) is 66.4 Å². The molecule has 4 nitrogen and oxygen atoms in total. The van der Waals surface area contributed by atoms with E-state index in [2.05, 4.69) is 37.2 Å². The predicted octanol–water partition coefficient (Wildman–Crippen LogP) is 3.41. The molecule has 0 heterocycles. The van der Waals surface area contributed by atoms with Gasteiger partial charge in [0, 0.05) is 21.8 Å². The van der Waals surface area contributed by atoms with Gasteiger partial charge < -0.3 is 10.4 Å². The van der Waals surface area contributed by atoms with Gasteiger partial charge in [-0.25, -0.2) is 0 Å². The average molecular weight is 365 g/mol. The fourth-order valence-electron chi connectivity index (χ4n) is 1.21. The summed E-state index contributed by atoms with van der Waals surface area (Å²) in [5, 5.41) is 11.2. The van der Waals surface area contributed by atoms with Gasteiger partial charge in [-0.1, -0.05) is 15.9 Å². The van der Waals surface area contributed by atoms with Crippen LogP contribution < -0.4 is 5.32 Å². The van der Waals surface area contributed by atoms with Gasteiger partial charge in [0.15, 0.2) is 0 Å². The molecule has 0 aliphatic carbocycles. The molecule has 6 heteroatoms. The number of amides is 1. The van der Waals surface area contributed by atoms with Crippen molar-refractivity contribution in [3.8, 4) is 0 Å². The van der Waals surface area contributed by atoms with Gasteiger partial charge in [0.05, 0.1) is 5.69 Å². The van der Waals surface area contributed by atoms with Crippen molar-refractivity contribution in [2.45, 2.75) is 19.3 Å². The van der Waals surface area contributed by atoms with Crippen LogP contribution in [0.4, 0.5) is 5.69 Å². The molecule has 92 valence electrons. The Balaban J connectivity index is 2.50. The minimum Gasteiger partial charge on any atom is -0.481 e. The van der Waals surface area contributed by atoms with Crippen molar-refractivity contribution < 1.29 is 14.7 Å². The lowest BCUT2D eigenvalue weighted by molar-refractivity contribution is -0.137. The van der Waals surface area contributed by atoms with Gasteiger partial charge >= 0.3 is 5.97 Å². The Bertz CT molecular complexity index is 435. The van der Waals surface area contributed by atoms with Crippen LogP contribution in [0.5, 0.6) is 0 Å². The van der Waals surface area contributed by atoms with E-state index in [1.807, 2.05) is 12.1 Å². The van der Waals surface area contributed by atoms with Crippen molar-refractivity contribution >= 4 is 49.4 Å². The summed E-state index contributed by atoms with van der Waals surface area (Å²) in [5.74, 6) is -1.08. The summed E-state index contributed by atoms with van der Waals surface area (Å²) in [6.07, 6.45) is 0.547. The number of aliphatic carboxylic acids is 1. The van der Waals surface area contributed by atoms with Gasteiger partial charge in [0.1, 0.15) is 0 Å². The quantitative estimate of drug-likeness (QED) is 0.841. The first kappa shape index (κ1) is 14.2. The lowest BCUT2D eigenvalue weighted by Crippen LogP contribution is -2.12. The standard InChI is InChI=1S/C11H11Br2NO3/c12-7-4-5-8(13)9(6-7)14-10(15)2-1-3-11(16)17/h4-6H,1-3H2,(H,14,15)(H,16,17). The van der Waals surface area contributed by atoms with Crippen LogP contribution in [0.2, 0.25) is 0 Å². The molecule has 0 radical (unpaired) electrons. The minimum absolute atomic E-state index is 0.00702. The van der Waals surface area contributed by atoms with Crippen LogP contribution in [0.1, 0.15) is 19.3 Å². The van der Waals surface area contributed by atoms with Crippen LogP contribution in [0.25, 0.3) is 0 Å². The zero-order valence-corrected chi connectivity index (χ0v) is 12.0. The summed E-state index contributed by atoms with van der Waals surface area (Å²) in [7, 11) is 0. The van der Waals surface area contributed by atoms with E-state index in [1.165, 1.54) is 0 Å². The van der Waals surface area contributed by atoms with Gasteiger partial charge in [0.2, 0.25) is 5.91 Å². The van der Waals surface area contributed by atoms with Crippen molar-refractivity contribution in [2.75, 3.05) is 5.32 Å². The fraction of sp³-hybridized carbons (Fsp3) is 0.273. The molecule has 0 saturated heterocycles. The van der Waals surface area contributed by atoms with E-state index in [-0.39, 0.29) is 18.7 Å². The number of hydrogen-bond acceptors (Lipinski definition) is 2. The first-order valence-electron chi connectivity index (χ1n) is 4.95. The highest BCUT2D eigenvalue weighted by atomic mass is 79.9. The Kier molecular flexibility index (Phi) is 5.64. The molecule has 0 atom stereocenters. The van der Waals surface area contributed by atoms with Gasteiger partial charge in [-0.05, 0) is 40.5 Å². The van der Waals surface area contributed by atoms with Gasteiger partial charge in [-0.3, -0.25) is 9.59 Å². The highest BCUT2D eigenvalue weighted by Gasteiger charge is 2.07. The first-order valence-corrected chi connectivity index (χ1v) is 6.54. The second-order valence-electron chi connectivity index (χ2n) is 3.42. The number of hydrogen-bond donors (Lipinski definition) is 2. The summed E-state index contributed by atoms with van der Waals surface area (Å²) < 4.78 is 1.65. The molecule has 0 unspecified atom stereocenters. The smallest absolute Gasteiger partial charge is 0.303 e. The number of carboxylic acid groups (broad SMARTS) is 1. The molecule has 2 N–H and O–H groups in total. The molecular weight excluding hydrogens is 354 g/mol. The number of nitrogens with one attached hydrogen (secondary N) is 1. The Morgan fingerprint density at radius 3 is 2.59 bits per heavy atom. The molecule has 0 fully saturated rings. The van der Waals surface area contributed by atoms with Crippen LogP contribution in [0.15, 0.2) is 27.1 Å². The van der Waals surface area contributed by atoms with Crippen LogP contribution >= 0.6 is 31.9 Å². The Hall–Kier alpha value is -0.880. The van der Waals surface area contributed by atoms with E-state index in [4.69, 9.17) is 5.11 Å². The zero-order valence-electron chi connectivity index (χ0n) is 8.87. The number of halogens is 2. The highest BCUT2D eigenvalue weighted by Crippen LogP contribution is 2.26. The summed E-state index contributed by atoms with van der Waals surface area (Å²) in [4.78, 5) is 21.8. The third-order valence-corrected chi connectivity index (χ3v) is 3.18.